The first-order chi connectivity index (χ1) is 14.4. The summed E-state index contributed by atoms with van der Waals surface area (Å²) in [6, 6.07) is 4.14. The molecule has 3 aliphatic rings. The summed E-state index contributed by atoms with van der Waals surface area (Å²) in [5.41, 5.74) is -0.341. The number of hydrogen-bond donors (Lipinski definition) is 1. The highest BCUT2D eigenvalue weighted by Gasteiger charge is 2.53. The smallest absolute Gasteiger partial charge is 0.256 e. The third-order valence-electron chi connectivity index (χ3n) is 6.53. The average Bonchev–Trinajstić information content (AvgIpc) is 3.38. The van der Waals surface area contributed by atoms with Crippen LogP contribution in [0.5, 0.6) is 0 Å². The van der Waals surface area contributed by atoms with Gasteiger partial charge in [-0.15, -0.1) is 0 Å². The van der Waals surface area contributed by atoms with Crippen molar-refractivity contribution < 1.29 is 19.1 Å². The second-order valence-corrected chi connectivity index (χ2v) is 9.45. The Morgan fingerprint density at radius 3 is 2.63 bits per heavy atom. The van der Waals surface area contributed by atoms with Crippen molar-refractivity contribution in [3.05, 3.63) is 33.8 Å². The van der Waals surface area contributed by atoms with Crippen LogP contribution in [0.15, 0.2) is 18.2 Å². The Morgan fingerprint density at radius 1 is 1.20 bits per heavy atom. The molecule has 4 rings (SSSR count). The van der Waals surface area contributed by atoms with Gasteiger partial charge in [0.15, 0.2) is 0 Å². The number of amides is 2. The van der Waals surface area contributed by atoms with Crippen LogP contribution in [0, 0.1) is 5.92 Å². The second kappa shape index (κ2) is 9.03. The minimum atomic E-state index is -0.748. The molecule has 2 amide bonds. The highest BCUT2D eigenvalue weighted by atomic mass is 35.5. The first-order valence-corrected chi connectivity index (χ1v) is 11.5. The molecule has 2 aliphatic heterocycles. The largest absolute Gasteiger partial charge is 0.376 e. The van der Waals surface area contributed by atoms with Gasteiger partial charge in [-0.1, -0.05) is 30.1 Å². The Bertz CT molecular complexity index is 804. The first kappa shape index (κ1) is 21.9. The van der Waals surface area contributed by atoms with Crippen molar-refractivity contribution in [2.75, 3.05) is 19.8 Å². The lowest BCUT2D eigenvalue weighted by Crippen LogP contribution is -2.57. The van der Waals surface area contributed by atoms with Gasteiger partial charge >= 0.3 is 0 Å². The fourth-order valence-electron chi connectivity index (χ4n) is 4.69. The molecule has 1 aromatic carbocycles. The van der Waals surface area contributed by atoms with E-state index in [9.17, 15) is 9.59 Å². The quantitative estimate of drug-likeness (QED) is 0.745. The standard InChI is InChI=1S/C22H28Cl2N2O4/c1-14-6-8-22(9-7-14)26(21(28)15-4-5-17(23)18(24)11-15)19(13-30-22)20(27)25-12-16-3-2-10-29-16/h4-5,11,14,16,19H,2-3,6-10,12-13H2,1H3,(H,25,27)/t14?,16-,19-,22?/m1/s1. The maximum atomic E-state index is 13.6. The molecule has 2 heterocycles. The third-order valence-corrected chi connectivity index (χ3v) is 7.27. The maximum absolute atomic E-state index is 13.6. The van der Waals surface area contributed by atoms with Crippen LogP contribution in [-0.4, -0.2) is 54.3 Å². The lowest BCUT2D eigenvalue weighted by molar-refractivity contribution is -0.128. The van der Waals surface area contributed by atoms with Crippen LogP contribution in [-0.2, 0) is 14.3 Å². The number of ether oxygens (including phenoxy) is 2. The van der Waals surface area contributed by atoms with Crippen molar-refractivity contribution in [3.8, 4) is 0 Å². The number of halogens is 2. The van der Waals surface area contributed by atoms with E-state index in [0.29, 0.717) is 28.1 Å². The van der Waals surface area contributed by atoms with E-state index in [1.54, 1.807) is 23.1 Å². The summed E-state index contributed by atoms with van der Waals surface area (Å²) >= 11 is 12.2. The SMILES string of the molecule is CC1CCC2(CC1)OC[C@H](C(=O)NC[C@H]1CCCO1)N2C(=O)c1ccc(Cl)c(Cl)c1. The summed E-state index contributed by atoms with van der Waals surface area (Å²) < 4.78 is 11.8. The van der Waals surface area contributed by atoms with E-state index in [2.05, 4.69) is 12.2 Å². The van der Waals surface area contributed by atoms with Crippen LogP contribution in [0.25, 0.3) is 0 Å². The van der Waals surface area contributed by atoms with Crippen molar-refractivity contribution >= 4 is 35.0 Å². The third kappa shape index (κ3) is 4.33. The number of nitrogens with zero attached hydrogens (tertiary/aromatic N) is 1. The van der Waals surface area contributed by atoms with Crippen LogP contribution in [0.2, 0.25) is 10.0 Å². The normalized spacial score (nSPS) is 31.3. The minimum Gasteiger partial charge on any atom is -0.376 e. The van der Waals surface area contributed by atoms with Gasteiger partial charge in [0.05, 0.1) is 22.8 Å². The number of carbonyl (C=O) groups is 2. The molecule has 6 nitrogen and oxygen atoms in total. The lowest BCUT2D eigenvalue weighted by atomic mass is 9.83. The van der Waals surface area contributed by atoms with Gasteiger partial charge in [-0.25, -0.2) is 0 Å². The van der Waals surface area contributed by atoms with Gasteiger partial charge in [-0.3, -0.25) is 14.5 Å². The summed E-state index contributed by atoms with van der Waals surface area (Å²) in [5, 5.41) is 3.67. The van der Waals surface area contributed by atoms with Crippen LogP contribution >= 0.6 is 23.2 Å². The Balaban J connectivity index is 1.57. The molecule has 0 bridgehead atoms. The molecule has 1 aliphatic carbocycles. The lowest BCUT2D eigenvalue weighted by Gasteiger charge is -2.43. The summed E-state index contributed by atoms with van der Waals surface area (Å²) in [7, 11) is 0. The predicted octanol–water partition coefficient (Wildman–Crippen LogP) is 4.04. The van der Waals surface area contributed by atoms with Crippen molar-refractivity contribution in [1.29, 1.82) is 0 Å². The van der Waals surface area contributed by atoms with Gasteiger partial charge in [-0.2, -0.15) is 0 Å². The van der Waals surface area contributed by atoms with Crippen molar-refractivity contribution in [2.24, 2.45) is 5.92 Å². The number of rotatable bonds is 4. The summed E-state index contributed by atoms with van der Waals surface area (Å²) in [5.74, 6) is 0.126. The molecule has 164 valence electrons. The zero-order chi connectivity index (χ0) is 21.3. The van der Waals surface area contributed by atoms with Crippen LogP contribution in [0.1, 0.15) is 55.8 Å². The van der Waals surface area contributed by atoms with Gasteiger partial charge < -0.3 is 14.8 Å². The molecule has 3 fully saturated rings. The van der Waals surface area contributed by atoms with Crippen LogP contribution < -0.4 is 5.32 Å². The molecule has 0 radical (unpaired) electrons. The highest BCUT2D eigenvalue weighted by Crippen LogP contribution is 2.43. The van der Waals surface area contributed by atoms with Crippen molar-refractivity contribution in [1.82, 2.24) is 10.2 Å². The van der Waals surface area contributed by atoms with Gasteiger partial charge in [0.2, 0.25) is 5.91 Å². The fourth-order valence-corrected chi connectivity index (χ4v) is 4.98. The topological polar surface area (TPSA) is 67.9 Å². The van der Waals surface area contributed by atoms with Crippen molar-refractivity contribution in [2.45, 2.75) is 63.3 Å². The molecule has 2 saturated heterocycles. The summed E-state index contributed by atoms with van der Waals surface area (Å²) in [6.45, 7) is 3.59. The Hall–Kier alpha value is -1.34. The molecule has 1 saturated carbocycles. The molecule has 0 unspecified atom stereocenters. The zero-order valence-electron chi connectivity index (χ0n) is 17.2. The Morgan fingerprint density at radius 2 is 1.97 bits per heavy atom. The number of carbonyl (C=O) groups excluding carboxylic acids is 2. The van der Waals surface area contributed by atoms with Gasteiger partial charge in [0.25, 0.3) is 5.91 Å². The van der Waals surface area contributed by atoms with Crippen LogP contribution in [0.4, 0.5) is 0 Å². The predicted molar refractivity (Wildman–Crippen MR) is 115 cm³/mol. The molecular weight excluding hydrogens is 427 g/mol. The maximum Gasteiger partial charge on any atom is 0.256 e. The summed E-state index contributed by atoms with van der Waals surface area (Å²) in [6.07, 6.45) is 5.34. The van der Waals surface area contributed by atoms with Gasteiger partial charge in [-0.05, 0) is 62.6 Å². The molecule has 1 aromatic rings. The molecular formula is C22H28Cl2N2O4. The molecule has 30 heavy (non-hydrogen) atoms. The van der Waals surface area contributed by atoms with E-state index in [0.717, 1.165) is 45.1 Å². The van der Waals surface area contributed by atoms with Gasteiger partial charge in [0.1, 0.15) is 11.8 Å². The average molecular weight is 455 g/mol. The Labute approximate surface area is 187 Å². The molecule has 1 N–H and O–H groups in total. The zero-order valence-corrected chi connectivity index (χ0v) is 18.7. The minimum absolute atomic E-state index is 0.0417. The molecule has 8 heteroatoms. The second-order valence-electron chi connectivity index (χ2n) is 8.64. The fraction of sp³-hybridized carbons (Fsp3) is 0.636. The molecule has 0 aromatic heterocycles. The monoisotopic (exact) mass is 454 g/mol. The van der Waals surface area contributed by atoms with E-state index in [1.165, 1.54) is 0 Å². The van der Waals surface area contributed by atoms with E-state index >= 15 is 0 Å². The highest BCUT2D eigenvalue weighted by molar-refractivity contribution is 6.42. The first-order valence-electron chi connectivity index (χ1n) is 10.7. The Kier molecular flexibility index (Phi) is 6.58. The van der Waals surface area contributed by atoms with E-state index < -0.39 is 11.8 Å². The van der Waals surface area contributed by atoms with Gasteiger partial charge in [0, 0.05) is 18.7 Å². The van der Waals surface area contributed by atoms with E-state index in [1.807, 2.05) is 0 Å². The van der Waals surface area contributed by atoms with Crippen molar-refractivity contribution in [3.63, 3.8) is 0 Å². The number of benzene rings is 1. The van der Waals surface area contributed by atoms with E-state index in [4.69, 9.17) is 32.7 Å². The van der Waals surface area contributed by atoms with E-state index in [-0.39, 0.29) is 24.5 Å². The number of nitrogens with one attached hydrogen (secondary N) is 1. The summed E-state index contributed by atoms with van der Waals surface area (Å²) in [4.78, 5) is 28.3. The molecule has 2 atom stereocenters. The molecule has 1 spiro atoms. The number of hydrogen-bond acceptors (Lipinski definition) is 4. The van der Waals surface area contributed by atoms with Crippen LogP contribution in [0.3, 0.4) is 0 Å².